The van der Waals surface area contributed by atoms with Crippen molar-refractivity contribution in [1.82, 2.24) is 0 Å². The summed E-state index contributed by atoms with van der Waals surface area (Å²) in [4.78, 5) is 0. The summed E-state index contributed by atoms with van der Waals surface area (Å²) in [5.41, 5.74) is 0. The third-order valence-corrected chi connectivity index (χ3v) is 0. The molecule has 0 aromatic rings. The van der Waals surface area contributed by atoms with E-state index < -0.39 is 0 Å². The van der Waals surface area contributed by atoms with Crippen LogP contribution in [0.3, 0.4) is 0 Å². The quantitative estimate of drug-likeness (QED) is 0.277. The predicted molar refractivity (Wildman–Crippen MR) is 1.80 cm³/mol. The minimum Gasteiger partial charge on any atom is 0 e. The van der Waals surface area contributed by atoms with Gasteiger partial charge in [-0.25, -0.2) is 0 Å². The van der Waals surface area contributed by atoms with Crippen LogP contribution in [0.2, 0.25) is 0 Å². The van der Waals surface area contributed by atoms with Crippen molar-refractivity contribution in [3.05, 3.63) is 0 Å². The van der Waals surface area contributed by atoms with Gasteiger partial charge in [-0.3, -0.25) is 0 Å². The zero-order chi connectivity index (χ0) is 2.00. The van der Waals surface area contributed by atoms with Gasteiger partial charge in [-0.05, 0) is 0 Å². The van der Waals surface area contributed by atoms with Crippen LogP contribution in [0.1, 0.15) is 1.43 Å². The number of hydrogen-bond donors (Lipinski definition) is 0. The first kappa shape index (κ1) is 42.1. The monoisotopic (exact) mass is 586 g/mol. The third-order valence-electron chi connectivity index (χ3n) is 0. The third kappa shape index (κ3) is 37.6. The average Bonchev–Trinajstić information content (AvgIpc) is 1.00. The first-order valence-electron chi connectivity index (χ1n) is 0.183. The normalized spacial score (nSPS) is 0.429. The van der Waals surface area contributed by atoms with Crippen molar-refractivity contribution in [2.24, 2.45) is 0 Å². The maximum Gasteiger partial charge on any atom is 0 e. The van der Waals surface area contributed by atoms with Crippen LogP contribution < -0.4 is 18.9 Å². The molecular weight excluding hydrogens is 586 g/mol. The maximum atomic E-state index is 8.30. The molecule has 34 valence electrons. The molecule has 0 heterocycles. The van der Waals surface area contributed by atoms with Gasteiger partial charge in [-0.1, -0.05) is 0 Å². The predicted octanol–water partition coefficient (Wildman–Crippen LogP) is -3.01. The first-order chi connectivity index (χ1) is 1.00. The van der Waals surface area contributed by atoms with Gasteiger partial charge < -0.3 is 1.43 Å². The molecule has 0 amide bonds. The standard InChI is InChI=1S/Co.La.Li.Nb.O.Ta.Zr.H/q;;+1;;;;;-1. The molecule has 0 N–H and O–H groups in total. The van der Waals surface area contributed by atoms with Crippen LogP contribution in [0.5, 0.6) is 0 Å². The molecular formula is HCoLaLiNbOTaZr. The van der Waals surface area contributed by atoms with E-state index in [1.807, 2.05) is 0 Å². The molecule has 3 radical (unpaired) electrons. The van der Waals surface area contributed by atoms with Crippen molar-refractivity contribution in [3.8, 4) is 0 Å². The molecule has 0 saturated heterocycles. The molecule has 0 aliphatic rings. The molecule has 0 aliphatic heterocycles. The van der Waals surface area contributed by atoms with E-state index in [0.717, 1.165) is 0 Å². The maximum absolute atomic E-state index is 8.30. The van der Waals surface area contributed by atoms with E-state index in [-0.39, 0.29) is 121 Å². The number of rotatable bonds is 0. The molecule has 0 rings (SSSR count). The molecule has 0 fully saturated rings. The van der Waals surface area contributed by atoms with Crippen molar-refractivity contribution in [1.29, 1.82) is 0 Å². The van der Waals surface area contributed by atoms with E-state index in [9.17, 15) is 0 Å². The summed E-state index contributed by atoms with van der Waals surface area (Å²) in [6.07, 6.45) is 0. The van der Waals surface area contributed by atoms with Gasteiger partial charge in [-0.15, -0.1) is 0 Å². The van der Waals surface area contributed by atoms with Gasteiger partial charge in [-0.2, -0.15) is 0 Å². The Kier molecular flexibility index (Phi) is 283. The molecule has 0 saturated carbocycles. The first-order valence-corrected chi connectivity index (χ1v) is 1.08. The van der Waals surface area contributed by atoms with E-state index in [0.29, 0.717) is 21.0 Å². The Morgan fingerprint density at radius 3 is 1.29 bits per heavy atom. The minimum absolute atomic E-state index is 0. The van der Waals surface area contributed by atoms with Gasteiger partial charge >= 0.3 is 43.2 Å². The van der Waals surface area contributed by atoms with E-state index in [4.69, 9.17) is 3.25 Å². The topological polar surface area (TPSA) is 17.1 Å². The summed E-state index contributed by atoms with van der Waals surface area (Å²) >= 11 is 0.500. The number of hydrogen-bond acceptors (Lipinski definition) is 1. The molecule has 0 aromatic heterocycles. The molecule has 7 heteroatoms. The van der Waals surface area contributed by atoms with Gasteiger partial charge in [0.1, 0.15) is 0 Å². The summed E-state index contributed by atoms with van der Waals surface area (Å²) in [6.45, 7) is 0. The fraction of sp³-hybridized carbons (Fsp3) is 0. The van der Waals surface area contributed by atoms with E-state index in [1.165, 1.54) is 0 Å². The smallest absolute Gasteiger partial charge is 0 e. The van der Waals surface area contributed by atoms with Crippen molar-refractivity contribution in [2.45, 2.75) is 0 Å². The van der Waals surface area contributed by atoms with Crippen molar-refractivity contribution in [2.75, 3.05) is 0 Å². The Morgan fingerprint density at radius 1 is 1.29 bits per heavy atom. The Hall–Kier alpha value is 4.46. The Labute approximate surface area is 142 Å². The van der Waals surface area contributed by atoms with Crippen LogP contribution in [0.15, 0.2) is 0 Å². The zero-order valence-electron chi connectivity index (χ0n) is 4.71. The van der Waals surface area contributed by atoms with Crippen LogP contribution in [-0.4, -0.2) is 0 Å². The Balaban J connectivity index is -0.000000000333. The molecule has 0 bridgehead atoms. The molecule has 1 nitrogen and oxygen atoms in total. The molecule has 0 spiro atoms. The second-order valence-electron chi connectivity index (χ2n) is 0. The Morgan fingerprint density at radius 2 is 1.29 bits per heavy atom. The van der Waals surface area contributed by atoms with E-state index in [1.54, 1.807) is 0 Å². The van der Waals surface area contributed by atoms with Crippen LogP contribution in [0.25, 0.3) is 0 Å². The summed E-state index contributed by atoms with van der Waals surface area (Å²) in [7, 11) is 0. The molecule has 0 atom stereocenters. The van der Waals surface area contributed by atoms with Crippen LogP contribution in [-0.2, 0) is 89.7 Å². The van der Waals surface area contributed by atoms with Gasteiger partial charge in [0, 0.05) is 101 Å². The van der Waals surface area contributed by atoms with Crippen molar-refractivity contribution >= 4 is 0 Å². The van der Waals surface area contributed by atoms with Gasteiger partial charge in [0.05, 0.1) is 0 Å². The second kappa shape index (κ2) is 47.0. The summed E-state index contributed by atoms with van der Waals surface area (Å²) in [6, 6.07) is 0. The molecule has 0 aliphatic carbocycles. The largest absolute Gasteiger partial charge is 0 e. The summed E-state index contributed by atoms with van der Waals surface area (Å²) in [5.74, 6) is 0. The fourth-order valence-electron chi connectivity index (χ4n) is 0. The van der Waals surface area contributed by atoms with E-state index in [2.05, 4.69) is 0 Å². The second-order valence-corrected chi connectivity index (χ2v) is 0. The van der Waals surface area contributed by atoms with Gasteiger partial charge in [0.2, 0.25) is 0 Å². The van der Waals surface area contributed by atoms with Gasteiger partial charge in [0.25, 0.3) is 0 Å². The van der Waals surface area contributed by atoms with Crippen LogP contribution in [0, 0.1) is 35.6 Å². The Bertz CT molecular complexity index is 24.0. The average molecular weight is 587 g/mol. The molecule has 7 heavy (non-hydrogen) atoms. The van der Waals surface area contributed by atoms with Crippen molar-refractivity contribution in [3.63, 3.8) is 0 Å². The summed E-state index contributed by atoms with van der Waals surface area (Å²) < 4.78 is 8.30. The van der Waals surface area contributed by atoms with Crippen LogP contribution in [0.4, 0.5) is 0 Å². The van der Waals surface area contributed by atoms with Gasteiger partial charge in [0.15, 0.2) is 0 Å². The van der Waals surface area contributed by atoms with Crippen molar-refractivity contribution < 1.29 is 146 Å². The molecule has 0 aromatic carbocycles. The fourth-order valence-corrected chi connectivity index (χ4v) is 0. The molecule has 0 unspecified atom stereocenters. The zero-order valence-corrected chi connectivity index (χ0v) is 16.3. The van der Waals surface area contributed by atoms with Crippen LogP contribution >= 0.6 is 0 Å². The minimum atomic E-state index is 0. The summed E-state index contributed by atoms with van der Waals surface area (Å²) in [5, 5.41) is 0. The van der Waals surface area contributed by atoms with E-state index >= 15 is 0 Å². The SMILES string of the molecule is [Co].[H-].[La].[Li+].[O]=[Nb].[Ta].[Zr].